The third kappa shape index (κ3) is 55.1. The van der Waals surface area contributed by atoms with Gasteiger partial charge in [0, 0.05) is 19.8 Å². The maximum absolute atomic E-state index is 12.5. The van der Waals surface area contributed by atoms with Crippen LogP contribution in [0.5, 0.6) is 0 Å². The Morgan fingerprint density at radius 2 is 0.761 bits per heavy atom. The summed E-state index contributed by atoms with van der Waals surface area (Å²) in [7, 11) is 1.37. The van der Waals surface area contributed by atoms with Crippen LogP contribution in [0.4, 0.5) is 0 Å². The number of esters is 2. The van der Waals surface area contributed by atoms with Gasteiger partial charge < -0.3 is 32.9 Å². The molecular weight excluding hydrogens is 1110 g/mol. The topological polar surface area (TPSA) is 110 Å². The molecule has 516 valence electrons. The first-order valence-electron chi connectivity index (χ1n) is 36.9. The highest BCUT2D eigenvalue weighted by atomic mass is 31.2. The van der Waals surface area contributed by atoms with Gasteiger partial charge in [-0.3, -0.25) is 9.59 Å². The van der Waals surface area contributed by atoms with E-state index in [1.54, 1.807) is 6.08 Å². The lowest BCUT2D eigenvalue weighted by Gasteiger charge is -2.24. The zero-order valence-corrected chi connectivity index (χ0v) is 61.1. The number of carbonyl (C=O) groups excluding carboxylic acids is 2. The maximum atomic E-state index is 12.5. The normalized spacial score (nSPS) is 11.9. The van der Waals surface area contributed by atoms with Crippen molar-refractivity contribution in [3.63, 3.8) is 0 Å². The molecule has 1 N–H and O–H groups in total. The Hall–Kier alpha value is -2.55. The summed E-state index contributed by atoms with van der Waals surface area (Å²) in [6.07, 6.45) is 63.2. The molecule has 9 nitrogen and oxygen atoms in total. The summed E-state index contributed by atoms with van der Waals surface area (Å²) in [5.74, 6) is 0.324. The number of rotatable bonds is 61. The van der Waals surface area contributed by atoms with Crippen molar-refractivity contribution >= 4 is 20.5 Å². The van der Waals surface area contributed by atoms with Gasteiger partial charge >= 0.3 is 20.5 Å². The van der Waals surface area contributed by atoms with Crippen LogP contribution in [0.15, 0.2) is 54.3 Å². The fourth-order valence-corrected chi connectivity index (χ4v) is 12.3. The van der Waals surface area contributed by atoms with E-state index in [9.17, 15) is 9.59 Å². The summed E-state index contributed by atoms with van der Waals surface area (Å²) < 4.78 is 34.7. The van der Waals surface area contributed by atoms with Gasteiger partial charge in [-0.1, -0.05) is 302 Å². The fraction of sp³-hybridized carbons (Fsp3) is 0.821. The van der Waals surface area contributed by atoms with Crippen molar-refractivity contribution < 1.29 is 42.5 Å². The number of aliphatic hydroxyl groups is 1. The van der Waals surface area contributed by atoms with Crippen LogP contribution in [0.3, 0.4) is 0 Å². The van der Waals surface area contributed by atoms with Crippen molar-refractivity contribution in [2.45, 2.75) is 358 Å². The second kappa shape index (κ2) is 64.6. The van der Waals surface area contributed by atoms with Crippen molar-refractivity contribution in [2.75, 3.05) is 47.3 Å². The summed E-state index contributed by atoms with van der Waals surface area (Å²) >= 11 is 0. The van der Waals surface area contributed by atoms with Crippen LogP contribution >= 0.6 is 8.60 Å². The molecule has 0 aromatic heterocycles. The molecule has 0 spiro atoms. The van der Waals surface area contributed by atoms with E-state index in [2.05, 4.69) is 38.6 Å². The molecule has 1 aromatic rings. The van der Waals surface area contributed by atoms with Gasteiger partial charge in [0.15, 0.2) is 0 Å². The van der Waals surface area contributed by atoms with Crippen molar-refractivity contribution in [3.05, 3.63) is 71.0 Å². The number of methoxy groups -OCH3 is 2. The van der Waals surface area contributed by atoms with Gasteiger partial charge in [-0.15, -0.1) is 0 Å². The largest absolute Gasteiger partial charge is 0.469 e. The molecule has 1 rings (SSSR count). The number of aliphatic hydroxyl groups excluding tert-OH is 1. The average molecular weight is 1260 g/mol. The van der Waals surface area contributed by atoms with Gasteiger partial charge in [0.25, 0.3) is 0 Å². The number of unbranched alkanes of at least 4 members (excludes halogenated alkanes) is 38. The number of allylic oxidation sites excluding steroid dienone is 4. The minimum Gasteiger partial charge on any atom is -0.469 e. The molecule has 0 fully saturated rings. The minimum atomic E-state index is -1.51. The molecular formula is C78H145O9P. The Morgan fingerprint density at radius 3 is 1.10 bits per heavy atom. The lowest BCUT2D eigenvalue weighted by Crippen LogP contribution is -2.29. The van der Waals surface area contributed by atoms with E-state index in [1.165, 1.54) is 251 Å². The molecule has 0 amide bonds. The Labute approximate surface area is 547 Å². The molecule has 0 saturated heterocycles. The van der Waals surface area contributed by atoms with Crippen molar-refractivity contribution in [1.82, 2.24) is 0 Å². The van der Waals surface area contributed by atoms with E-state index in [0.717, 1.165) is 74.0 Å². The van der Waals surface area contributed by atoms with Gasteiger partial charge in [-0.2, -0.15) is 0 Å². The highest BCUT2D eigenvalue weighted by Crippen LogP contribution is 2.43. The predicted octanol–water partition coefficient (Wildman–Crippen LogP) is 24.5. The minimum absolute atomic E-state index is 0.222. The van der Waals surface area contributed by atoms with Gasteiger partial charge in [-0.25, -0.2) is 0 Å². The summed E-state index contributed by atoms with van der Waals surface area (Å²) in [4.78, 5) is 24.9. The molecule has 0 heterocycles. The van der Waals surface area contributed by atoms with E-state index < -0.39 is 19.4 Å². The van der Waals surface area contributed by atoms with E-state index in [4.69, 9.17) is 32.9 Å². The second-order valence-corrected chi connectivity index (χ2v) is 27.6. The van der Waals surface area contributed by atoms with Crippen molar-refractivity contribution in [3.8, 4) is 0 Å². The molecule has 0 radical (unpaired) electrons. The van der Waals surface area contributed by atoms with E-state index >= 15 is 0 Å². The summed E-state index contributed by atoms with van der Waals surface area (Å²) in [6.45, 7) is 27.2. The van der Waals surface area contributed by atoms with Crippen LogP contribution in [0.2, 0.25) is 0 Å². The standard InChI is InChI=1S/C58H101O8P.C18H38O.C2H6/c1-11-13-15-16-17-18-19-20-21-22-23-24-27-30-33-36-41-63-42-38-44-65-67(66-54(50(3)4)40-14-12-2)64-43-37-34-31-28-25-26-29-32-35-39-51-45-52(48-57(5,6)55(59)61-9)47-53(46-51)49-58(7,8)56(60)62-10;1-2-3-4-5-6-7-8-9-10-11-12-13-14-15-16-17-18-19;1-2/h12,14,40,45-47H,2,11,13,15-39,41-44,48-49H2,1,3-10H3;19H,2-18H2,1H3;1-2H3/b40-14-;;. The van der Waals surface area contributed by atoms with Crippen LogP contribution in [0, 0.1) is 10.8 Å². The van der Waals surface area contributed by atoms with Crippen LogP contribution < -0.4 is 0 Å². The molecule has 0 aliphatic carbocycles. The molecule has 10 heteroatoms. The highest BCUT2D eigenvalue weighted by Gasteiger charge is 2.31. The first kappa shape index (κ1) is 87.5. The maximum Gasteiger partial charge on any atom is 0.397 e. The number of benzene rings is 1. The molecule has 1 atom stereocenters. The Morgan fingerprint density at radius 1 is 0.455 bits per heavy atom. The molecule has 0 saturated carbocycles. The van der Waals surface area contributed by atoms with Crippen LogP contribution in [0.25, 0.3) is 0 Å². The lowest BCUT2D eigenvalue weighted by molar-refractivity contribution is -0.151. The number of ether oxygens (including phenoxy) is 3. The monoisotopic (exact) mass is 1260 g/mol. The highest BCUT2D eigenvalue weighted by molar-refractivity contribution is 7.41. The molecule has 0 aliphatic heterocycles. The number of carbonyl (C=O) groups is 2. The SMILES string of the molecule is C=C/C=C\C(OP(OCCCCCCCCCCCc1cc(CC(C)(C)C(=O)OC)cc(CC(C)(C)C(=O)OC)c1)OCCCOCCCCCCCCCCCCCCCCCC)=C(C)C.CC.CCCCCCCCCCCCCCCCCCO. The quantitative estimate of drug-likeness (QED) is 0.0224. The lowest BCUT2D eigenvalue weighted by atomic mass is 9.81. The van der Waals surface area contributed by atoms with Crippen LogP contribution in [-0.4, -0.2) is 64.3 Å². The van der Waals surface area contributed by atoms with Crippen LogP contribution in [0.1, 0.15) is 356 Å². The molecule has 0 aliphatic rings. The smallest absolute Gasteiger partial charge is 0.397 e. The predicted molar refractivity (Wildman–Crippen MR) is 381 cm³/mol. The van der Waals surface area contributed by atoms with Crippen LogP contribution in [-0.2, 0) is 56.6 Å². The zero-order valence-electron chi connectivity index (χ0n) is 60.2. The first-order chi connectivity index (χ1) is 42.7. The fourth-order valence-electron chi connectivity index (χ4n) is 11.1. The van der Waals surface area contributed by atoms with Crippen molar-refractivity contribution in [1.29, 1.82) is 0 Å². The number of hydrogen-bond donors (Lipinski definition) is 1. The first-order valence-corrected chi connectivity index (χ1v) is 38.0. The van der Waals surface area contributed by atoms with E-state index in [-0.39, 0.29) is 11.9 Å². The van der Waals surface area contributed by atoms with E-state index in [1.807, 2.05) is 67.5 Å². The Kier molecular flexibility index (Phi) is 64.2. The number of hydrogen-bond acceptors (Lipinski definition) is 9. The Bertz CT molecular complexity index is 1700. The number of aryl methyl sites for hydroxylation is 1. The molecule has 1 unspecified atom stereocenters. The summed E-state index contributed by atoms with van der Waals surface area (Å²) in [5.41, 5.74) is 3.24. The van der Waals surface area contributed by atoms with Gasteiger partial charge in [0.1, 0.15) is 5.76 Å². The molecule has 88 heavy (non-hydrogen) atoms. The third-order valence-electron chi connectivity index (χ3n) is 16.5. The van der Waals surface area contributed by atoms with Gasteiger partial charge in [0.2, 0.25) is 0 Å². The zero-order chi connectivity index (χ0) is 65.5. The Balaban J connectivity index is 0. The van der Waals surface area contributed by atoms with Gasteiger partial charge in [-0.05, 0) is 121 Å². The summed E-state index contributed by atoms with van der Waals surface area (Å²) in [6, 6.07) is 6.59. The third-order valence-corrected chi connectivity index (χ3v) is 17.7. The summed E-state index contributed by atoms with van der Waals surface area (Å²) in [5, 5.41) is 8.67. The average Bonchev–Trinajstić information content (AvgIpc) is 3.71. The van der Waals surface area contributed by atoms with Gasteiger partial charge in [0.05, 0.1) is 38.3 Å². The molecule has 1 aromatic carbocycles. The molecule has 0 bridgehead atoms. The van der Waals surface area contributed by atoms with E-state index in [0.29, 0.717) is 39.3 Å². The van der Waals surface area contributed by atoms with Crippen molar-refractivity contribution in [2.24, 2.45) is 10.8 Å². The second-order valence-electron chi connectivity index (χ2n) is 26.4.